The Hall–Kier alpha value is -5.47. The summed E-state index contributed by atoms with van der Waals surface area (Å²) < 4.78 is 0. The number of nitrogens with two attached hydrogens (primary N) is 2. The van der Waals surface area contributed by atoms with Crippen LogP contribution in [0.4, 0.5) is 0 Å². The fourth-order valence-electron chi connectivity index (χ4n) is 4.92. The van der Waals surface area contributed by atoms with Gasteiger partial charge in [0.2, 0.25) is 29.5 Å². The molecule has 2 aromatic rings. The molecule has 0 saturated carbocycles. The van der Waals surface area contributed by atoms with Gasteiger partial charge >= 0.3 is 5.97 Å². The summed E-state index contributed by atoms with van der Waals surface area (Å²) in [6.07, 6.45) is -0.317. The smallest absolute Gasteiger partial charge is 0.305 e. The quantitative estimate of drug-likeness (QED) is 0.0903. The molecule has 15 heteroatoms. The third-order valence-corrected chi connectivity index (χ3v) is 7.32. The van der Waals surface area contributed by atoms with Gasteiger partial charge in [-0.05, 0) is 24.0 Å². The largest absolute Gasteiger partial charge is 0.481 e. The number of amides is 5. The minimum atomic E-state index is -1.56. The highest BCUT2D eigenvalue weighted by Gasteiger charge is 2.36. The van der Waals surface area contributed by atoms with Crippen molar-refractivity contribution in [1.82, 2.24) is 26.2 Å². The van der Waals surface area contributed by atoms with Gasteiger partial charge in [-0.3, -0.25) is 33.8 Å². The number of guanidine groups is 1. The average Bonchev–Trinajstić information content (AvgIpc) is 3.02. The van der Waals surface area contributed by atoms with Crippen molar-refractivity contribution < 1.29 is 33.9 Å². The van der Waals surface area contributed by atoms with Gasteiger partial charge in [0, 0.05) is 26.4 Å². The Balaban J connectivity index is 2.04. The highest BCUT2D eigenvalue weighted by molar-refractivity contribution is 5.98. The highest BCUT2D eigenvalue weighted by Crippen LogP contribution is 2.14. The summed E-state index contributed by atoms with van der Waals surface area (Å²) in [7, 11) is 1.42. The molecule has 5 amide bonds. The first-order valence-corrected chi connectivity index (χ1v) is 14.7. The lowest BCUT2D eigenvalue weighted by atomic mass is 10.00. The molecule has 9 N–H and O–H groups in total. The molecule has 0 aromatic heterocycles. The van der Waals surface area contributed by atoms with Gasteiger partial charge in [-0.2, -0.15) is 0 Å². The topological polar surface area (TPSA) is 238 Å². The number of carboxylic acids is 1. The van der Waals surface area contributed by atoms with E-state index in [1.54, 1.807) is 60.7 Å². The second-order valence-corrected chi connectivity index (χ2v) is 10.9. The Morgan fingerprint density at radius 1 is 0.826 bits per heavy atom. The molecular weight excluding hydrogens is 596 g/mol. The second kappa shape index (κ2) is 17.1. The van der Waals surface area contributed by atoms with E-state index in [0.717, 1.165) is 5.56 Å². The summed E-state index contributed by atoms with van der Waals surface area (Å²) >= 11 is 0. The number of likely N-dealkylation sites (N-methyl/N-ethyl adjacent to an activating group) is 1. The molecule has 0 aliphatic carbocycles. The first-order valence-electron chi connectivity index (χ1n) is 14.7. The fourth-order valence-corrected chi connectivity index (χ4v) is 4.92. The van der Waals surface area contributed by atoms with E-state index in [2.05, 4.69) is 26.3 Å². The molecule has 4 atom stereocenters. The van der Waals surface area contributed by atoms with Gasteiger partial charge in [0.1, 0.15) is 24.2 Å². The lowest BCUT2D eigenvalue weighted by Crippen LogP contribution is -2.59. The van der Waals surface area contributed by atoms with Gasteiger partial charge in [0.05, 0.1) is 13.0 Å². The minimum absolute atomic E-state index is 0.0105. The monoisotopic (exact) mass is 636 g/mol. The number of hydrogen-bond donors (Lipinski definition) is 7. The molecule has 246 valence electrons. The lowest BCUT2D eigenvalue weighted by Gasteiger charge is -2.32. The van der Waals surface area contributed by atoms with Crippen LogP contribution in [0.3, 0.4) is 0 Å². The molecule has 1 fully saturated rings. The van der Waals surface area contributed by atoms with Crippen LogP contribution in [0, 0.1) is 0 Å². The molecule has 0 radical (unpaired) electrons. The maximum absolute atomic E-state index is 14.1. The van der Waals surface area contributed by atoms with Gasteiger partial charge in [-0.15, -0.1) is 0 Å². The SMILES string of the molecule is CN1C(=O)C(Cc2ccccc2)NC(=O)C(CC(=O)O)NC(=O)CNC(=O)C(CCCN=C(N)N)NC(=O)C1Cc1ccccc1. The Kier molecular flexibility index (Phi) is 13.0. The zero-order chi connectivity index (χ0) is 33.6. The Morgan fingerprint density at radius 3 is 2.00 bits per heavy atom. The summed E-state index contributed by atoms with van der Waals surface area (Å²) in [4.78, 5) is 84.0. The van der Waals surface area contributed by atoms with Crippen molar-refractivity contribution in [3.63, 3.8) is 0 Å². The van der Waals surface area contributed by atoms with Gasteiger partial charge < -0.3 is 42.7 Å². The number of benzene rings is 2. The molecule has 3 rings (SSSR count). The zero-order valence-corrected chi connectivity index (χ0v) is 25.5. The Bertz CT molecular complexity index is 1420. The lowest BCUT2D eigenvalue weighted by molar-refractivity contribution is -0.143. The Morgan fingerprint density at radius 2 is 1.41 bits per heavy atom. The number of carbonyl (C=O) groups excluding carboxylic acids is 5. The van der Waals surface area contributed by atoms with E-state index >= 15 is 0 Å². The van der Waals surface area contributed by atoms with Crippen molar-refractivity contribution in [2.45, 2.75) is 56.3 Å². The zero-order valence-electron chi connectivity index (χ0n) is 25.5. The molecule has 0 spiro atoms. The fraction of sp³-hybridized carbons (Fsp3) is 0.387. The number of hydrogen-bond acceptors (Lipinski definition) is 7. The normalized spacial score (nSPS) is 21.5. The number of aliphatic carboxylic acids is 1. The van der Waals surface area contributed by atoms with Crippen LogP contribution in [-0.2, 0) is 41.6 Å². The van der Waals surface area contributed by atoms with Crippen molar-refractivity contribution in [3.05, 3.63) is 71.8 Å². The van der Waals surface area contributed by atoms with Gasteiger partial charge in [-0.1, -0.05) is 60.7 Å². The summed E-state index contributed by atoms with van der Waals surface area (Å²) in [5.41, 5.74) is 12.2. The first kappa shape index (κ1) is 35.0. The van der Waals surface area contributed by atoms with Gasteiger partial charge in [0.15, 0.2) is 5.96 Å². The molecule has 1 aliphatic heterocycles. The van der Waals surface area contributed by atoms with E-state index in [4.69, 9.17) is 11.5 Å². The van der Waals surface area contributed by atoms with Crippen LogP contribution in [0.25, 0.3) is 0 Å². The van der Waals surface area contributed by atoms with E-state index in [1.165, 1.54) is 11.9 Å². The number of rotatable bonds is 10. The molecule has 4 unspecified atom stereocenters. The predicted molar refractivity (Wildman–Crippen MR) is 168 cm³/mol. The van der Waals surface area contributed by atoms with E-state index in [-0.39, 0.29) is 31.8 Å². The number of carbonyl (C=O) groups is 6. The highest BCUT2D eigenvalue weighted by atomic mass is 16.4. The van der Waals surface area contributed by atoms with Crippen molar-refractivity contribution in [1.29, 1.82) is 0 Å². The van der Waals surface area contributed by atoms with Gasteiger partial charge in [0.25, 0.3) is 0 Å². The first-order chi connectivity index (χ1) is 21.9. The summed E-state index contributed by atoms with van der Waals surface area (Å²) in [6, 6.07) is 12.7. The van der Waals surface area contributed by atoms with Crippen LogP contribution >= 0.6 is 0 Å². The molecule has 2 aromatic carbocycles. The number of aliphatic imine (C=N–C) groups is 1. The maximum Gasteiger partial charge on any atom is 0.305 e. The van der Waals surface area contributed by atoms with E-state index < -0.39 is 72.6 Å². The maximum atomic E-state index is 14.1. The Labute approximate surface area is 266 Å². The van der Waals surface area contributed by atoms with Crippen molar-refractivity contribution in [2.75, 3.05) is 20.1 Å². The summed E-state index contributed by atoms with van der Waals surface area (Å²) in [6.45, 7) is -0.442. The van der Waals surface area contributed by atoms with Crippen molar-refractivity contribution >= 4 is 41.5 Å². The van der Waals surface area contributed by atoms with Gasteiger partial charge in [-0.25, -0.2) is 0 Å². The minimum Gasteiger partial charge on any atom is -0.481 e. The van der Waals surface area contributed by atoms with Crippen LogP contribution in [0.2, 0.25) is 0 Å². The average molecular weight is 637 g/mol. The van der Waals surface area contributed by atoms with Crippen LogP contribution in [0.15, 0.2) is 65.7 Å². The van der Waals surface area contributed by atoms with E-state index in [0.29, 0.717) is 12.0 Å². The predicted octanol–water partition coefficient (Wildman–Crippen LogP) is -1.59. The van der Waals surface area contributed by atoms with Crippen LogP contribution in [0.5, 0.6) is 0 Å². The van der Waals surface area contributed by atoms with Crippen LogP contribution in [0.1, 0.15) is 30.4 Å². The standard InChI is InChI=1S/C31H40N8O7/c1-39-24(16-20-11-6-3-7-12-20)29(45)37-21(13-8-14-34-31(32)33)27(43)35-18-25(40)36-22(17-26(41)42)28(44)38-23(30(39)46)15-19-9-4-2-5-10-19/h2-7,9-12,21-24H,8,13-18H2,1H3,(H,35,43)(H,36,40)(H,37,45)(H,38,44)(H,41,42)(H4,32,33,34). The summed E-state index contributed by atoms with van der Waals surface area (Å²) in [5.74, 6) is -5.27. The molecule has 15 nitrogen and oxygen atoms in total. The number of nitrogens with zero attached hydrogens (tertiary/aromatic N) is 2. The number of carboxylic acid groups (broad SMARTS) is 1. The summed E-state index contributed by atoms with van der Waals surface area (Å²) in [5, 5.41) is 19.5. The van der Waals surface area contributed by atoms with E-state index in [9.17, 15) is 33.9 Å². The molecule has 1 heterocycles. The molecule has 46 heavy (non-hydrogen) atoms. The molecule has 1 saturated heterocycles. The third kappa shape index (κ3) is 10.9. The van der Waals surface area contributed by atoms with E-state index in [1.807, 2.05) is 0 Å². The van der Waals surface area contributed by atoms with Crippen molar-refractivity contribution in [2.24, 2.45) is 16.5 Å². The third-order valence-electron chi connectivity index (χ3n) is 7.32. The number of nitrogens with one attached hydrogen (secondary N) is 4. The molecule has 0 bridgehead atoms. The van der Waals surface area contributed by atoms with Crippen LogP contribution < -0.4 is 32.7 Å². The molecular formula is C31H40N8O7. The second-order valence-electron chi connectivity index (χ2n) is 10.9. The van der Waals surface area contributed by atoms with Crippen molar-refractivity contribution in [3.8, 4) is 0 Å². The van der Waals surface area contributed by atoms with Crippen LogP contribution in [-0.4, -0.2) is 95.8 Å². The molecule has 1 aliphatic rings.